The fourth-order valence-corrected chi connectivity index (χ4v) is 0.587. The van der Waals surface area contributed by atoms with Crippen molar-refractivity contribution >= 4 is 0 Å². The van der Waals surface area contributed by atoms with Crippen molar-refractivity contribution in [2.75, 3.05) is 6.67 Å². The third-order valence-corrected chi connectivity index (χ3v) is 1.16. The van der Waals surface area contributed by atoms with Gasteiger partial charge in [0.05, 0.1) is 6.67 Å². The molecule has 0 radical (unpaired) electrons. The zero-order chi connectivity index (χ0) is 5.98. The minimum Gasteiger partial charge on any atom is -0.227 e. The van der Waals surface area contributed by atoms with Gasteiger partial charge in [-0.2, -0.15) is 11.1 Å². The molecule has 8 heavy (non-hydrogen) atoms. The van der Waals surface area contributed by atoms with Crippen LogP contribution in [0.5, 0.6) is 0 Å². The van der Waals surface area contributed by atoms with Crippen molar-refractivity contribution in [1.29, 1.82) is 0 Å². The number of hydrogen-bond acceptors (Lipinski definition) is 4. The van der Waals surface area contributed by atoms with Gasteiger partial charge in [-0.25, -0.2) is 10.4 Å². The minimum atomic E-state index is 0.539. The third kappa shape index (κ3) is 1.16. The second-order valence-electron chi connectivity index (χ2n) is 2.14. The van der Waals surface area contributed by atoms with E-state index in [2.05, 4.69) is 35.4 Å². The summed E-state index contributed by atoms with van der Waals surface area (Å²) in [6.45, 7) is 5.11. The molecular formula is C4H12N4. The molecule has 4 nitrogen and oxygen atoms in total. The Balaban J connectivity index is 2.24. The Labute approximate surface area is 49.1 Å². The number of hydrogen-bond donors (Lipinski definition) is 3. The van der Waals surface area contributed by atoms with Gasteiger partial charge in [0.25, 0.3) is 0 Å². The first-order valence-corrected chi connectivity index (χ1v) is 2.81. The Kier molecular flexibility index (Phi) is 1.80. The van der Waals surface area contributed by atoms with E-state index in [-0.39, 0.29) is 0 Å². The van der Waals surface area contributed by atoms with Gasteiger partial charge >= 0.3 is 0 Å². The molecule has 48 valence electrons. The van der Waals surface area contributed by atoms with Crippen LogP contribution < -0.4 is 16.5 Å². The molecular weight excluding hydrogens is 104 g/mol. The number of nitrogens with zero attached hydrogens (tertiary/aromatic N) is 1. The monoisotopic (exact) mass is 116 g/mol. The molecule has 1 heterocycles. The Morgan fingerprint density at radius 1 is 1.50 bits per heavy atom. The lowest BCUT2D eigenvalue weighted by Crippen LogP contribution is -2.40. The van der Waals surface area contributed by atoms with E-state index in [0.29, 0.717) is 6.04 Å². The zero-order valence-corrected chi connectivity index (χ0v) is 5.23. The van der Waals surface area contributed by atoms with E-state index in [0.717, 1.165) is 6.67 Å². The summed E-state index contributed by atoms with van der Waals surface area (Å²) in [5, 5.41) is 2.06. The summed E-state index contributed by atoms with van der Waals surface area (Å²) in [5.41, 5.74) is 8.63. The summed E-state index contributed by atoms with van der Waals surface area (Å²) < 4.78 is 0. The minimum absolute atomic E-state index is 0.539. The first-order chi connectivity index (χ1) is 3.80. The zero-order valence-electron chi connectivity index (χ0n) is 5.23. The molecule has 0 saturated carbocycles. The first-order valence-electron chi connectivity index (χ1n) is 2.81. The maximum Gasteiger partial charge on any atom is 0.0781 e. The average Bonchev–Trinajstić information content (AvgIpc) is 2.12. The molecule has 1 fully saturated rings. The van der Waals surface area contributed by atoms with Crippen LogP contribution in [0.15, 0.2) is 0 Å². The van der Waals surface area contributed by atoms with E-state index in [1.807, 2.05) is 0 Å². The van der Waals surface area contributed by atoms with Gasteiger partial charge in [-0.1, -0.05) is 0 Å². The SMILES string of the molecule is CC(C)N1CNNN1. The van der Waals surface area contributed by atoms with E-state index in [4.69, 9.17) is 0 Å². The second-order valence-corrected chi connectivity index (χ2v) is 2.14. The van der Waals surface area contributed by atoms with Crippen LogP contribution in [0.25, 0.3) is 0 Å². The van der Waals surface area contributed by atoms with Gasteiger partial charge in [0.15, 0.2) is 0 Å². The molecule has 1 aliphatic heterocycles. The highest BCUT2D eigenvalue weighted by molar-refractivity contribution is 4.55. The fourth-order valence-electron chi connectivity index (χ4n) is 0.587. The molecule has 0 amide bonds. The van der Waals surface area contributed by atoms with Crippen LogP contribution in [0.4, 0.5) is 0 Å². The van der Waals surface area contributed by atoms with Gasteiger partial charge in [-0.15, -0.1) is 0 Å². The summed E-state index contributed by atoms with van der Waals surface area (Å²) in [4.78, 5) is 0. The van der Waals surface area contributed by atoms with E-state index >= 15 is 0 Å². The van der Waals surface area contributed by atoms with Crippen molar-refractivity contribution in [1.82, 2.24) is 21.5 Å². The van der Waals surface area contributed by atoms with Gasteiger partial charge < -0.3 is 0 Å². The van der Waals surface area contributed by atoms with E-state index in [9.17, 15) is 0 Å². The molecule has 0 atom stereocenters. The summed E-state index contributed by atoms with van der Waals surface area (Å²) >= 11 is 0. The Hall–Kier alpha value is -0.160. The summed E-state index contributed by atoms with van der Waals surface area (Å²) in [7, 11) is 0. The lowest BCUT2D eigenvalue weighted by atomic mass is 10.4. The Bertz CT molecular complexity index is 66.4. The first kappa shape index (κ1) is 5.97. The molecule has 0 spiro atoms. The third-order valence-electron chi connectivity index (χ3n) is 1.16. The fraction of sp³-hybridized carbons (Fsp3) is 1.00. The van der Waals surface area contributed by atoms with Crippen LogP contribution in [-0.4, -0.2) is 17.7 Å². The van der Waals surface area contributed by atoms with Crippen molar-refractivity contribution in [3.63, 3.8) is 0 Å². The molecule has 1 rings (SSSR count). The summed E-state index contributed by atoms with van der Waals surface area (Å²) in [6, 6.07) is 0.539. The van der Waals surface area contributed by atoms with Crippen LogP contribution >= 0.6 is 0 Å². The smallest absolute Gasteiger partial charge is 0.0781 e. The Morgan fingerprint density at radius 2 is 2.25 bits per heavy atom. The van der Waals surface area contributed by atoms with E-state index in [1.165, 1.54) is 0 Å². The maximum absolute atomic E-state index is 2.93. The van der Waals surface area contributed by atoms with E-state index in [1.54, 1.807) is 0 Å². The number of rotatable bonds is 1. The molecule has 0 unspecified atom stereocenters. The highest BCUT2D eigenvalue weighted by Gasteiger charge is 2.11. The topological polar surface area (TPSA) is 39.3 Å². The van der Waals surface area contributed by atoms with Crippen molar-refractivity contribution in [3.05, 3.63) is 0 Å². The molecule has 0 aliphatic carbocycles. The number of hydrazine groups is 3. The normalized spacial score (nSPS) is 22.9. The second kappa shape index (κ2) is 2.41. The summed E-state index contributed by atoms with van der Waals surface area (Å²) in [6.07, 6.45) is 0. The predicted molar refractivity (Wildman–Crippen MR) is 31.2 cm³/mol. The Morgan fingerprint density at radius 3 is 2.50 bits per heavy atom. The van der Waals surface area contributed by atoms with Crippen LogP contribution in [-0.2, 0) is 0 Å². The molecule has 1 saturated heterocycles. The molecule has 3 N–H and O–H groups in total. The molecule has 0 aromatic rings. The maximum atomic E-state index is 2.93. The van der Waals surface area contributed by atoms with Crippen molar-refractivity contribution in [2.45, 2.75) is 19.9 Å². The highest BCUT2D eigenvalue weighted by atomic mass is 15.9. The lowest BCUT2D eigenvalue weighted by Gasteiger charge is -2.16. The highest BCUT2D eigenvalue weighted by Crippen LogP contribution is 1.90. The summed E-state index contributed by atoms with van der Waals surface area (Å²) in [5.74, 6) is 0. The van der Waals surface area contributed by atoms with Crippen molar-refractivity contribution in [2.24, 2.45) is 0 Å². The van der Waals surface area contributed by atoms with Crippen LogP contribution in [0.1, 0.15) is 13.8 Å². The predicted octanol–water partition coefficient (Wildman–Crippen LogP) is -0.818. The number of nitrogens with one attached hydrogen (secondary N) is 3. The van der Waals surface area contributed by atoms with Gasteiger partial charge in [-0.05, 0) is 13.8 Å². The quantitative estimate of drug-likeness (QED) is 0.418. The van der Waals surface area contributed by atoms with Gasteiger partial charge in [0, 0.05) is 6.04 Å². The van der Waals surface area contributed by atoms with Crippen molar-refractivity contribution in [3.8, 4) is 0 Å². The molecule has 1 aliphatic rings. The molecule has 0 bridgehead atoms. The largest absolute Gasteiger partial charge is 0.227 e. The van der Waals surface area contributed by atoms with Crippen molar-refractivity contribution < 1.29 is 0 Å². The van der Waals surface area contributed by atoms with Crippen LogP contribution in [0.2, 0.25) is 0 Å². The van der Waals surface area contributed by atoms with Crippen LogP contribution in [0.3, 0.4) is 0 Å². The van der Waals surface area contributed by atoms with Crippen LogP contribution in [0, 0.1) is 0 Å². The molecule has 0 aromatic heterocycles. The standard InChI is InChI=1S/C4H12N4/c1-4(2)8-3-5-6-7-8/h4-7H,3H2,1-2H3. The average molecular weight is 116 g/mol. The van der Waals surface area contributed by atoms with Gasteiger partial charge in [0.1, 0.15) is 0 Å². The molecule has 0 aromatic carbocycles. The van der Waals surface area contributed by atoms with Gasteiger partial charge in [0.2, 0.25) is 0 Å². The lowest BCUT2D eigenvalue weighted by molar-refractivity contribution is 0.183. The molecule has 4 heteroatoms. The van der Waals surface area contributed by atoms with E-state index < -0.39 is 0 Å². The van der Waals surface area contributed by atoms with Gasteiger partial charge in [-0.3, -0.25) is 0 Å².